The van der Waals surface area contributed by atoms with E-state index >= 15 is 0 Å². The third-order valence-corrected chi connectivity index (χ3v) is 4.02. The van der Waals surface area contributed by atoms with Crippen LogP contribution in [-0.2, 0) is 9.59 Å². The lowest BCUT2D eigenvalue weighted by Gasteiger charge is -2.32. The molecule has 0 radical (unpaired) electrons. The average Bonchev–Trinajstić information content (AvgIpc) is 2.56. The number of piperidine rings is 1. The van der Waals surface area contributed by atoms with Crippen molar-refractivity contribution in [3.8, 4) is 11.5 Å². The Morgan fingerprint density at radius 3 is 2.48 bits per heavy atom. The SMILES string of the molecule is CCC(=O)N1CCC(NC(=O)C(C)Oc2ccc(O)cc2)CC1. The molecule has 6 nitrogen and oxygen atoms in total. The summed E-state index contributed by atoms with van der Waals surface area (Å²) in [6.45, 7) is 4.92. The summed E-state index contributed by atoms with van der Waals surface area (Å²) in [5.41, 5.74) is 0. The van der Waals surface area contributed by atoms with Gasteiger partial charge in [-0.25, -0.2) is 0 Å². The molecule has 23 heavy (non-hydrogen) atoms. The van der Waals surface area contributed by atoms with Gasteiger partial charge in [0.25, 0.3) is 5.91 Å². The van der Waals surface area contributed by atoms with Gasteiger partial charge in [-0.05, 0) is 44.0 Å². The first-order valence-electron chi connectivity index (χ1n) is 8.03. The Kier molecular flexibility index (Phi) is 5.84. The van der Waals surface area contributed by atoms with E-state index in [2.05, 4.69) is 5.32 Å². The first-order valence-corrected chi connectivity index (χ1v) is 8.03. The van der Waals surface area contributed by atoms with Gasteiger partial charge in [-0.2, -0.15) is 0 Å². The molecule has 1 unspecified atom stereocenters. The van der Waals surface area contributed by atoms with Crippen LogP contribution >= 0.6 is 0 Å². The maximum atomic E-state index is 12.2. The Balaban J connectivity index is 1.78. The number of rotatable bonds is 5. The number of nitrogens with zero attached hydrogens (tertiary/aromatic N) is 1. The lowest BCUT2D eigenvalue weighted by molar-refractivity contribution is -0.132. The molecule has 1 saturated heterocycles. The summed E-state index contributed by atoms with van der Waals surface area (Å²) < 4.78 is 5.56. The van der Waals surface area contributed by atoms with Crippen molar-refractivity contribution >= 4 is 11.8 Å². The zero-order chi connectivity index (χ0) is 16.8. The molecule has 1 aliphatic rings. The summed E-state index contributed by atoms with van der Waals surface area (Å²) in [6.07, 6.45) is 1.44. The average molecular weight is 320 g/mol. The number of phenolic OH excluding ortho intramolecular Hbond substituents is 1. The number of phenols is 1. The van der Waals surface area contributed by atoms with E-state index in [0.29, 0.717) is 25.3 Å². The van der Waals surface area contributed by atoms with Crippen LogP contribution in [0.5, 0.6) is 11.5 Å². The molecule has 1 aromatic carbocycles. The molecule has 1 atom stereocenters. The van der Waals surface area contributed by atoms with E-state index in [9.17, 15) is 14.7 Å². The highest BCUT2D eigenvalue weighted by atomic mass is 16.5. The van der Waals surface area contributed by atoms with E-state index in [1.807, 2.05) is 11.8 Å². The Bertz CT molecular complexity index is 536. The fraction of sp³-hybridized carbons (Fsp3) is 0.529. The number of carbonyl (C=O) groups is 2. The number of likely N-dealkylation sites (tertiary alicyclic amines) is 1. The quantitative estimate of drug-likeness (QED) is 0.865. The number of ether oxygens (including phenoxy) is 1. The van der Waals surface area contributed by atoms with Gasteiger partial charge in [0.15, 0.2) is 6.10 Å². The molecule has 0 spiro atoms. The minimum atomic E-state index is -0.616. The molecule has 0 bridgehead atoms. The highest BCUT2D eigenvalue weighted by Gasteiger charge is 2.25. The molecule has 1 fully saturated rings. The van der Waals surface area contributed by atoms with Crippen molar-refractivity contribution in [3.05, 3.63) is 24.3 Å². The first kappa shape index (κ1) is 17.1. The summed E-state index contributed by atoms with van der Waals surface area (Å²) in [5, 5.41) is 12.2. The van der Waals surface area contributed by atoms with Crippen LogP contribution in [0.1, 0.15) is 33.1 Å². The zero-order valence-electron chi connectivity index (χ0n) is 13.6. The topological polar surface area (TPSA) is 78.9 Å². The molecule has 0 saturated carbocycles. The molecular formula is C17H24N2O4. The number of aromatic hydroxyl groups is 1. The van der Waals surface area contributed by atoms with E-state index in [0.717, 1.165) is 12.8 Å². The second kappa shape index (κ2) is 7.85. The van der Waals surface area contributed by atoms with E-state index in [-0.39, 0.29) is 23.6 Å². The predicted molar refractivity (Wildman–Crippen MR) is 86.2 cm³/mol. The van der Waals surface area contributed by atoms with E-state index in [1.165, 1.54) is 12.1 Å². The van der Waals surface area contributed by atoms with Crippen LogP contribution in [0.4, 0.5) is 0 Å². The normalized spacial score (nSPS) is 16.7. The van der Waals surface area contributed by atoms with Crippen LogP contribution in [0, 0.1) is 0 Å². The molecule has 2 N–H and O–H groups in total. The van der Waals surface area contributed by atoms with Crippen molar-refractivity contribution < 1.29 is 19.4 Å². The second-order valence-corrected chi connectivity index (χ2v) is 5.77. The van der Waals surface area contributed by atoms with Gasteiger partial charge in [-0.3, -0.25) is 9.59 Å². The van der Waals surface area contributed by atoms with Crippen LogP contribution < -0.4 is 10.1 Å². The second-order valence-electron chi connectivity index (χ2n) is 5.77. The van der Waals surface area contributed by atoms with Crippen molar-refractivity contribution in [3.63, 3.8) is 0 Å². The maximum absolute atomic E-state index is 12.2. The van der Waals surface area contributed by atoms with Crippen molar-refractivity contribution in [1.29, 1.82) is 0 Å². The van der Waals surface area contributed by atoms with Crippen LogP contribution in [0.2, 0.25) is 0 Å². The highest BCUT2D eigenvalue weighted by molar-refractivity contribution is 5.81. The van der Waals surface area contributed by atoms with Crippen molar-refractivity contribution in [2.45, 2.75) is 45.3 Å². The Labute approximate surface area is 136 Å². The lowest BCUT2D eigenvalue weighted by atomic mass is 10.0. The van der Waals surface area contributed by atoms with Crippen LogP contribution in [0.3, 0.4) is 0 Å². The van der Waals surface area contributed by atoms with E-state index < -0.39 is 6.10 Å². The molecule has 1 aromatic rings. The fourth-order valence-electron chi connectivity index (χ4n) is 2.60. The molecule has 2 amide bonds. The third kappa shape index (κ3) is 4.87. The third-order valence-electron chi connectivity index (χ3n) is 4.02. The minimum absolute atomic E-state index is 0.0780. The molecule has 126 valence electrons. The fourth-order valence-corrected chi connectivity index (χ4v) is 2.60. The minimum Gasteiger partial charge on any atom is -0.508 e. The smallest absolute Gasteiger partial charge is 0.260 e. The summed E-state index contributed by atoms with van der Waals surface area (Å²) in [4.78, 5) is 25.7. The van der Waals surface area contributed by atoms with Crippen molar-refractivity contribution in [2.24, 2.45) is 0 Å². The van der Waals surface area contributed by atoms with Gasteiger partial charge in [0.2, 0.25) is 5.91 Å². The highest BCUT2D eigenvalue weighted by Crippen LogP contribution is 2.17. The molecule has 6 heteroatoms. The van der Waals surface area contributed by atoms with E-state index in [4.69, 9.17) is 4.74 Å². The number of nitrogens with one attached hydrogen (secondary N) is 1. The lowest BCUT2D eigenvalue weighted by Crippen LogP contribution is -2.49. The molecule has 1 aliphatic heterocycles. The summed E-state index contributed by atoms with van der Waals surface area (Å²) >= 11 is 0. The monoisotopic (exact) mass is 320 g/mol. The summed E-state index contributed by atoms with van der Waals surface area (Å²) in [5.74, 6) is 0.689. The zero-order valence-corrected chi connectivity index (χ0v) is 13.6. The molecule has 0 aliphatic carbocycles. The number of benzene rings is 1. The number of amides is 2. The van der Waals surface area contributed by atoms with Crippen molar-refractivity contribution in [2.75, 3.05) is 13.1 Å². The van der Waals surface area contributed by atoms with Crippen LogP contribution in [0.25, 0.3) is 0 Å². The van der Waals surface area contributed by atoms with Gasteiger partial charge < -0.3 is 20.1 Å². The molecule has 0 aromatic heterocycles. The number of hydrogen-bond acceptors (Lipinski definition) is 4. The van der Waals surface area contributed by atoms with Gasteiger partial charge in [0, 0.05) is 25.6 Å². The van der Waals surface area contributed by atoms with Crippen LogP contribution in [-0.4, -0.2) is 47.1 Å². The Morgan fingerprint density at radius 2 is 1.91 bits per heavy atom. The van der Waals surface area contributed by atoms with Gasteiger partial charge in [0.05, 0.1) is 0 Å². The van der Waals surface area contributed by atoms with E-state index in [1.54, 1.807) is 19.1 Å². The number of carbonyl (C=O) groups excluding carboxylic acids is 2. The van der Waals surface area contributed by atoms with Crippen LogP contribution in [0.15, 0.2) is 24.3 Å². The van der Waals surface area contributed by atoms with Crippen molar-refractivity contribution in [1.82, 2.24) is 10.2 Å². The predicted octanol–water partition coefficient (Wildman–Crippen LogP) is 1.68. The standard InChI is InChI=1S/C17H24N2O4/c1-3-16(21)19-10-8-13(9-11-19)18-17(22)12(2)23-15-6-4-14(20)5-7-15/h4-7,12-13,20H,3,8-11H2,1-2H3,(H,18,22). The summed E-state index contributed by atoms with van der Waals surface area (Å²) in [6, 6.07) is 6.34. The number of hydrogen-bond donors (Lipinski definition) is 2. The molecular weight excluding hydrogens is 296 g/mol. The molecule has 1 heterocycles. The van der Waals surface area contributed by atoms with Gasteiger partial charge in [-0.15, -0.1) is 0 Å². The van der Waals surface area contributed by atoms with Gasteiger partial charge in [0.1, 0.15) is 11.5 Å². The van der Waals surface area contributed by atoms with Gasteiger partial charge in [-0.1, -0.05) is 6.92 Å². The molecule has 2 rings (SSSR count). The Morgan fingerprint density at radius 1 is 1.30 bits per heavy atom. The Hall–Kier alpha value is -2.24. The summed E-state index contributed by atoms with van der Waals surface area (Å²) in [7, 11) is 0. The maximum Gasteiger partial charge on any atom is 0.260 e. The largest absolute Gasteiger partial charge is 0.508 e. The first-order chi connectivity index (χ1) is 11.0. The van der Waals surface area contributed by atoms with Gasteiger partial charge >= 0.3 is 0 Å².